The third-order valence-corrected chi connectivity index (χ3v) is 8.49. The molecule has 0 radical (unpaired) electrons. The van der Waals surface area contributed by atoms with E-state index in [1.807, 2.05) is 12.1 Å². The van der Waals surface area contributed by atoms with E-state index >= 15 is 0 Å². The maximum atomic E-state index is 13.2. The number of hydrogen-bond donors (Lipinski definition) is 3. The van der Waals surface area contributed by atoms with Crippen molar-refractivity contribution in [3.63, 3.8) is 0 Å². The van der Waals surface area contributed by atoms with E-state index in [1.165, 1.54) is 4.31 Å². The fraction of sp³-hybridized carbons (Fsp3) is 0.478. The van der Waals surface area contributed by atoms with Crippen LogP contribution in [0, 0.1) is 0 Å². The highest BCUT2D eigenvalue weighted by molar-refractivity contribution is 7.89. The molecule has 3 fully saturated rings. The van der Waals surface area contributed by atoms with Gasteiger partial charge in [0.2, 0.25) is 15.9 Å². The van der Waals surface area contributed by atoms with Crippen molar-refractivity contribution in [2.75, 3.05) is 63.3 Å². The highest BCUT2D eigenvalue weighted by Gasteiger charge is 2.34. The lowest BCUT2D eigenvalue weighted by atomic mass is 10.0. The highest BCUT2D eigenvalue weighted by atomic mass is 32.2. The molecule has 3 saturated heterocycles. The van der Waals surface area contributed by atoms with Crippen molar-refractivity contribution in [2.24, 2.45) is 0 Å². The zero-order valence-corrected chi connectivity index (χ0v) is 20.4. The van der Waals surface area contributed by atoms with Gasteiger partial charge in [0.1, 0.15) is 11.9 Å². The second-order valence-electron chi connectivity index (χ2n) is 8.75. The van der Waals surface area contributed by atoms with Crippen LogP contribution in [-0.2, 0) is 19.6 Å². The van der Waals surface area contributed by atoms with Gasteiger partial charge in [0.15, 0.2) is 0 Å². The van der Waals surface area contributed by atoms with E-state index in [2.05, 4.69) is 21.2 Å². The average molecular weight is 503 g/mol. The number of pyridine rings is 1. The molecule has 1 atom stereocenters. The summed E-state index contributed by atoms with van der Waals surface area (Å²) < 4.78 is 38.2. The van der Waals surface area contributed by atoms with Crippen LogP contribution in [0.2, 0.25) is 0 Å². The van der Waals surface area contributed by atoms with E-state index < -0.39 is 16.1 Å². The van der Waals surface area contributed by atoms with Crippen LogP contribution < -0.4 is 25.8 Å². The summed E-state index contributed by atoms with van der Waals surface area (Å²) in [6, 6.07) is 9.96. The van der Waals surface area contributed by atoms with E-state index in [1.54, 1.807) is 36.3 Å². The fourth-order valence-electron chi connectivity index (χ4n) is 4.67. The van der Waals surface area contributed by atoms with Crippen LogP contribution in [0.15, 0.2) is 41.3 Å². The SMILES string of the molecule is COc1nc(N2CCC(Nc3cccc(S(=O)(=O)N4CCOCC4)c3)C2=O)ccc1C1CNNC1. The number of carbonyl (C=O) groups is 1. The monoisotopic (exact) mass is 502 g/mol. The minimum atomic E-state index is -3.62. The number of sulfonamides is 1. The smallest absolute Gasteiger partial charge is 0.250 e. The van der Waals surface area contributed by atoms with Gasteiger partial charge in [-0.1, -0.05) is 6.07 Å². The van der Waals surface area contributed by atoms with Gasteiger partial charge in [-0.2, -0.15) is 9.29 Å². The number of morpholine rings is 1. The zero-order valence-electron chi connectivity index (χ0n) is 19.6. The summed E-state index contributed by atoms with van der Waals surface area (Å²) in [5.74, 6) is 1.19. The van der Waals surface area contributed by atoms with Gasteiger partial charge in [-0.25, -0.2) is 8.42 Å². The van der Waals surface area contributed by atoms with Gasteiger partial charge in [0.25, 0.3) is 5.91 Å². The van der Waals surface area contributed by atoms with Crippen molar-refractivity contribution >= 4 is 27.4 Å². The Balaban J connectivity index is 1.29. The first kappa shape index (κ1) is 23.9. The van der Waals surface area contributed by atoms with Crippen molar-refractivity contribution in [3.8, 4) is 5.88 Å². The van der Waals surface area contributed by atoms with Crippen LogP contribution in [0.5, 0.6) is 5.88 Å². The number of ether oxygens (including phenoxy) is 2. The first-order valence-electron chi connectivity index (χ1n) is 11.7. The van der Waals surface area contributed by atoms with E-state index in [9.17, 15) is 13.2 Å². The predicted molar refractivity (Wildman–Crippen MR) is 130 cm³/mol. The van der Waals surface area contributed by atoms with Crippen LogP contribution in [0.1, 0.15) is 17.9 Å². The number of nitrogens with one attached hydrogen (secondary N) is 3. The summed E-state index contributed by atoms with van der Waals surface area (Å²) in [6.07, 6.45) is 0.571. The minimum Gasteiger partial charge on any atom is -0.481 e. The highest BCUT2D eigenvalue weighted by Crippen LogP contribution is 2.31. The van der Waals surface area contributed by atoms with Crippen LogP contribution >= 0.6 is 0 Å². The lowest BCUT2D eigenvalue weighted by Crippen LogP contribution is -2.40. The molecule has 4 heterocycles. The second-order valence-corrected chi connectivity index (χ2v) is 10.7. The molecule has 1 aromatic heterocycles. The molecule has 0 aliphatic carbocycles. The number of benzene rings is 1. The molecule has 2 aromatic rings. The molecule has 0 spiro atoms. The third-order valence-electron chi connectivity index (χ3n) is 6.59. The predicted octanol–water partition coefficient (Wildman–Crippen LogP) is 0.520. The molecule has 5 rings (SSSR count). The third kappa shape index (κ3) is 4.84. The summed E-state index contributed by atoms with van der Waals surface area (Å²) in [4.78, 5) is 19.7. The van der Waals surface area contributed by atoms with E-state index in [0.717, 1.165) is 18.7 Å². The Bertz CT molecular complexity index is 1180. The van der Waals surface area contributed by atoms with Crippen LogP contribution in [0.4, 0.5) is 11.5 Å². The molecule has 3 aliphatic heterocycles. The Morgan fingerprint density at radius 3 is 2.63 bits per heavy atom. The molecule has 0 saturated carbocycles. The van der Waals surface area contributed by atoms with Crippen molar-refractivity contribution in [1.82, 2.24) is 20.1 Å². The number of hydrazine groups is 1. The van der Waals surface area contributed by atoms with Gasteiger partial charge >= 0.3 is 0 Å². The molecule has 3 N–H and O–H groups in total. The maximum absolute atomic E-state index is 13.2. The maximum Gasteiger partial charge on any atom is 0.250 e. The Morgan fingerprint density at radius 2 is 1.89 bits per heavy atom. The fourth-order valence-corrected chi connectivity index (χ4v) is 6.13. The number of hydrogen-bond acceptors (Lipinski definition) is 9. The molecule has 0 bridgehead atoms. The van der Waals surface area contributed by atoms with Gasteiger partial charge in [-0.05, 0) is 36.8 Å². The normalized spacial score (nSPS) is 22.0. The molecule has 1 unspecified atom stereocenters. The van der Waals surface area contributed by atoms with Crippen LogP contribution in [0.3, 0.4) is 0 Å². The molecule has 1 aromatic carbocycles. The molecule has 188 valence electrons. The number of amides is 1. The van der Waals surface area contributed by atoms with Gasteiger partial charge in [-0.3, -0.25) is 20.5 Å². The largest absolute Gasteiger partial charge is 0.481 e. The first-order valence-corrected chi connectivity index (χ1v) is 13.2. The lowest BCUT2D eigenvalue weighted by Gasteiger charge is -2.26. The molecule has 1 amide bonds. The quantitative estimate of drug-likeness (QED) is 0.497. The summed E-state index contributed by atoms with van der Waals surface area (Å²) >= 11 is 0. The summed E-state index contributed by atoms with van der Waals surface area (Å²) in [7, 11) is -2.04. The van der Waals surface area contributed by atoms with E-state index in [-0.39, 0.29) is 16.7 Å². The summed E-state index contributed by atoms with van der Waals surface area (Å²) in [6.45, 7) is 3.51. The Labute approximate surface area is 204 Å². The van der Waals surface area contributed by atoms with Crippen LogP contribution in [-0.4, -0.2) is 82.7 Å². The van der Waals surface area contributed by atoms with Crippen molar-refractivity contribution in [3.05, 3.63) is 42.0 Å². The Hall–Kier alpha value is -2.77. The standard InChI is InChI=1S/C23H30N6O5S/c1-33-22-19(16-14-24-25-15-16)5-6-21(27-22)29-8-7-20(23(29)30)26-17-3-2-4-18(13-17)35(31,32)28-9-11-34-12-10-28/h2-6,13,16,20,24-26H,7-12,14-15H2,1H3. The Kier molecular flexibility index (Phi) is 6.89. The number of carbonyl (C=O) groups excluding carboxylic acids is 1. The van der Waals surface area contributed by atoms with E-state index in [0.29, 0.717) is 56.7 Å². The second kappa shape index (κ2) is 10.1. The number of aromatic nitrogens is 1. The number of methoxy groups -OCH3 is 1. The number of nitrogens with zero attached hydrogens (tertiary/aromatic N) is 3. The van der Waals surface area contributed by atoms with Crippen molar-refractivity contribution in [2.45, 2.75) is 23.3 Å². The average Bonchev–Trinajstić information content (AvgIpc) is 3.55. The van der Waals surface area contributed by atoms with Crippen molar-refractivity contribution < 1.29 is 22.7 Å². The topological polar surface area (TPSA) is 125 Å². The Morgan fingerprint density at radius 1 is 1.11 bits per heavy atom. The molecular formula is C23H30N6O5S. The number of rotatable bonds is 7. The van der Waals surface area contributed by atoms with Crippen LogP contribution in [0.25, 0.3) is 0 Å². The van der Waals surface area contributed by atoms with Gasteiger partial charge in [0, 0.05) is 49.9 Å². The van der Waals surface area contributed by atoms with Gasteiger partial charge in [-0.15, -0.1) is 0 Å². The molecule has 12 heteroatoms. The van der Waals surface area contributed by atoms with Crippen molar-refractivity contribution in [1.29, 1.82) is 0 Å². The zero-order chi connectivity index (χ0) is 24.4. The molecule has 3 aliphatic rings. The van der Waals surface area contributed by atoms with E-state index in [4.69, 9.17) is 9.47 Å². The molecule has 35 heavy (non-hydrogen) atoms. The molecule has 11 nitrogen and oxygen atoms in total. The first-order chi connectivity index (χ1) is 17.0. The minimum absolute atomic E-state index is 0.113. The summed E-state index contributed by atoms with van der Waals surface area (Å²) in [5, 5.41) is 3.22. The van der Waals surface area contributed by atoms with Gasteiger partial charge in [0.05, 0.1) is 25.2 Å². The summed E-state index contributed by atoms with van der Waals surface area (Å²) in [5.41, 5.74) is 7.79. The lowest BCUT2D eigenvalue weighted by molar-refractivity contribution is -0.117. The number of anilines is 2. The molecular weight excluding hydrogens is 472 g/mol. The van der Waals surface area contributed by atoms with Gasteiger partial charge < -0.3 is 14.8 Å².